The summed E-state index contributed by atoms with van der Waals surface area (Å²) >= 11 is 5.56. The second-order valence-electron chi connectivity index (χ2n) is 9.97. The van der Waals surface area contributed by atoms with Gasteiger partial charge in [0.2, 0.25) is 0 Å². The average molecular weight is 528 g/mol. The predicted molar refractivity (Wildman–Crippen MR) is 138 cm³/mol. The number of carbonyl (C=O) groups is 2. The minimum absolute atomic E-state index is 0.0413. The van der Waals surface area contributed by atoms with Crippen molar-refractivity contribution in [2.24, 2.45) is 0 Å². The molecule has 3 aromatic rings. The molecule has 0 bridgehead atoms. The second kappa shape index (κ2) is 10.9. The number of halogens is 3. The molecule has 0 heterocycles. The Hall–Kier alpha value is -3.45. The molecule has 37 heavy (non-hydrogen) atoms. The molecule has 0 fully saturated rings. The number of fused-ring (bicyclic) bond motifs is 3. The van der Waals surface area contributed by atoms with Crippen molar-refractivity contribution in [2.75, 3.05) is 6.61 Å². The predicted octanol–water partition coefficient (Wildman–Crippen LogP) is 6.80. The molecule has 0 spiro atoms. The molecule has 0 radical (unpaired) electrons. The molecular formula is C29H28ClF2NO4. The summed E-state index contributed by atoms with van der Waals surface area (Å²) in [5.41, 5.74) is 3.82. The highest BCUT2D eigenvalue weighted by Crippen LogP contribution is 2.44. The van der Waals surface area contributed by atoms with Crippen molar-refractivity contribution in [1.29, 1.82) is 0 Å². The largest absolute Gasteiger partial charge is 0.458 e. The maximum atomic E-state index is 13.9. The number of hydrogen-bond donors (Lipinski definition) is 1. The number of rotatable bonds is 7. The fourth-order valence-electron chi connectivity index (χ4n) is 4.47. The summed E-state index contributed by atoms with van der Waals surface area (Å²) in [6.07, 6.45) is -0.649. The molecular weight excluding hydrogens is 500 g/mol. The standard InChI is InChI=1S/C29H28ClF2NO4/c1-29(2,3)37-27(34)25(13-12-17-14-23(31)26(30)24(32)15-17)33-28(35)36-16-22-20-10-6-4-8-18(20)19-9-5-7-11-21(19)22/h4-11,14-15,22,25H,12-13,16H2,1-3H3,(H,33,35)/t25-/m0/s1. The van der Waals surface area contributed by atoms with Crippen LogP contribution < -0.4 is 5.32 Å². The van der Waals surface area contributed by atoms with Gasteiger partial charge in [-0.3, -0.25) is 0 Å². The molecule has 3 aromatic carbocycles. The number of esters is 1. The smallest absolute Gasteiger partial charge is 0.407 e. The Labute approximate surface area is 219 Å². The first-order chi connectivity index (χ1) is 17.5. The van der Waals surface area contributed by atoms with Crippen LogP contribution in [-0.2, 0) is 20.7 Å². The van der Waals surface area contributed by atoms with E-state index in [1.807, 2.05) is 48.5 Å². The van der Waals surface area contributed by atoms with Gasteiger partial charge in [-0.15, -0.1) is 0 Å². The first kappa shape index (κ1) is 26.6. The van der Waals surface area contributed by atoms with E-state index in [-0.39, 0.29) is 25.4 Å². The van der Waals surface area contributed by atoms with Crippen molar-refractivity contribution in [1.82, 2.24) is 5.32 Å². The monoisotopic (exact) mass is 527 g/mol. The number of nitrogens with one attached hydrogen (secondary N) is 1. The lowest BCUT2D eigenvalue weighted by molar-refractivity contribution is -0.157. The normalized spacial score (nSPS) is 13.5. The van der Waals surface area contributed by atoms with Gasteiger partial charge in [-0.25, -0.2) is 18.4 Å². The Bertz CT molecular complexity index is 1250. The highest BCUT2D eigenvalue weighted by Gasteiger charge is 2.31. The third kappa shape index (κ3) is 6.28. The maximum absolute atomic E-state index is 13.9. The molecule has 0 saturated heterocycles. The second-order valence-corrected chi connectivity index (χ2v) is 10.3. The Morgan fingerprint density at radius 2 is 1.51 bits per heavy atom. The third-order valence-corrected chi connectivity index (χ3v) is 6.45. The van der Waals surface area contributed by atoms with Crippen LogP contribution >= 0.6 is 11.6 Å². The van der Waals surface area contributed by atoms with Crippen LogP contribution in [0, 0.1) is 11.6 Å². The number of ether oxygens (including phenoxy) is 2. The minimum atomic E-state index is -1.09. The van der Waals surface area contributed by atoms with E-state index in [2.05, 4.69) is 5.32 Å². The number of hydrogen-bond acceptors (Lipinski definition) is 4. The molecule has 1 aliphatic carbocycles. The molecule has 1 amide bonds. The molecule has 0 saturated carbocycles. The van der Waals surface area contributed by atoms with E-state index in [1.54, 1.807) is 20.8 Å². The summed E-state index contributed by atoms with van der Waals surface area (Å²) in [6, 6.07) is 17.0. The van der Waals surface area contributed by atoms with Crippen molar-refractivity contribution in [3.8, 4) is 11.1 Å². The molecule has 8 heteroatoms. The highest BCUT2D eigenvalue weighted by molar-refractivity contribution is 6.30. The summed E-state index contributed by atoms with van der Waals surface area (Å²) in [6.45, 7) is 5.20. The van der Waals surface area contributed by atoms with E-state index in [0.29, 0.717) is 5.56 Å². The first-order valence-electron chi connectivity index (χ1n) is 12.0. The zero-order valence-corrected chi connectivity index (χ0v) is 21.6. The van der Waals surface area contributed by atoms with Crippen molar-refractivity contribution >= 4 is 23.7 Å². The Morgan fingerprint density at radius 1 is 0.973 bits per heavy atom. The molecule has 5 nitrogen and oxygen atoms in total. The van der Waals surface area contributed by atoms with Crippen LogP contribution in [0.15, 0.2) is 60.7 Å². The Morgan fingerprint density at radius 3 is 2.05 bits per heavy atom. The molecule has 0 unspecified atom stereocenters. The molecule has 4 rings (SSSR count). The SMILES string of the molecule is CC(C)(C)OC(=O)[C@H](CCc1cc(F)c(Cl)c(F)c1)NC(=O)OCC1c2ccccc2-c2ccccc21. The number of aryl methyl sites for hydroxylation is 1. The van der Waals surface area contributed by atoms with Crippen molar-refractivity contribution in [3.05, 3.63) is 94.0 Å². The summed E-state index contributed by atoms with van der Waals surface area (Å²) in [5.74, 6) is -2.60. The van der Waals surface area contributed by atoms with Crippen LogP contribution in [0.4, 0.5) is 13.6 Å². The van der Waals surface area contributed by atoms with Crippen LogP contribution in [0.5, 0.6) is 0 Å². The number of carbonyl (C=O) groups excluding carboxylic acids is 2. The summed E-state index contributed by atoms with van der Waals surface area (Å²) in [7, 11) is 0. The average Bonchev–Trinajstić information content (AvgIpc) is 3.16. The lowest BCUT2D eigenvalue weighted by Crippen LogP contribution is -2.45. The van der Waals surface area contributed by atoms with Gasteiger partial charge in [-0.2, -0.15) is 0 Å². The van der Waals surface area contributed by atoms with Crippen LogP contribution in [0.2, 0.25) is 5.02 Å². The summed E-state index contributed by atoms with van der Waals surface area (Å²) in [4.78, 5) is 25.6. The molecule has 194 valence electrons. The fraction of sp³-hybridized carbons (Fsp3) is 0.310. The van der Waals surface area contributed by atoms with E-state index in [9.17, 15) is 18.4 Å². The van der Waals surface area contributed by atoms with Crippen LogP contribution in [0.3, 0.4) is 0 Å². The van der Waals surface area contributed by atoms with Crippen molar-refractivity contribution < 1.29 is 27.8 Å². The van der Waals surface area contributed by atoms with Crippen LogP contribution in [-0.4, -0.2) is 30.3 Å². The third-order valence-electron chi connectivity index (χ3n) is 6.09. The van der Waals surface area contributed by atoms with Crippen molar-refractivity contribution in [3.63, 3.8) is 0 Å². The molecule has 1 atom stereocenters. The van der Waals surface area contributed by atoms with Crippen LogP contribution in [0.25, 0.3) is 11.1 Å². The molecule has 0 aromatic heterocycles. The Balaban J connectivity index is 1.45. The highest BCUT2D eigenvalue weighted by atomic mass is 35.5. The van der Waals surface area contributed by atoms with E-state index in [4.69, 9.17) is 21.1 Å². The van der Waals surface area contributed by atoms with Gasteiger partial charge < -0.3 is 14.8 Å². The molecule has 0 aliphatic heterocycles. The van der Waals surface area contributed by atoms with Gasteiger partial charge in [0.05, 0.1) is 0 Å². The van der Waals surface area contributed by atoms with E-state index in [0.717, 1.165) is 34.4 Å². The van der Waals surface area contributed by atoms with Gasteiger partial charge in [0.15, 0.2) is 0 Å². The first-order valence-corrected chi connectivity index (χ1v) is 12.4. The minimum Gasteiger partial charge on any atom is -0.458 e. The zero-order chi connectivity index (χ0) is 26.7. The number of amides is 1. The van der Waals surface area contributed by atoms with E-state index in [1.165, 1.54) is 0 Å². The van der Waals surface area contributed by atoms with Gasteiger partial charge in [0.25, 0.3) is 0 Å². The van der Waals surface area contributed by atoms with Gasteiger partial charge >= 0.3 is 12.1 Å². The lowest BCUT2D eigenvalue weighted by atomic mass is 9.98. The molecule has 1 N–H and O–H groups in total. The van der Waals surface area contributed by atoms with Crippen molar-refractivity contribution in [2.45, 2.75) is 51.2 Å². The van der Waals surface area contributed by atoms with E-state index >= 15 is 0 Å². The lowest BCUT2D eigenvalue weighted by Gasteiger charge is -2.25. The zero-order valence-electron chi connectivity index (χ0n) is 20.8. The van der Waals surface area contributed by atoms with Gasteiger partial charge in [-0.1, -0.05) is 60.1 Å². The van der Waals surface area contributed by atoms with Gasteiger partial charge in [0.1, 0.15) is 34.9 Å². The Kier molecular flexibility index (Phi) is 7.83. The van der Waals surface area contributed by atoms with E-state index < -0.39 is 40.4 Å². The fourth-order valence-corrected chi connectivity index (χ4v) is 4.58. The maximum Gasteiger partial charge on any atom is 0.407 e. The quantitative estimate of drug-likeness (QED) is 0.271. The van der Waals surface area contributed by atoms with Gasteiger partial charge in [0, 0.05) is 5.92 Å². The number of alkyl carbamates (subject to hydrolysis) is 1. The summed E-state index contributed by atoms with van der Waals surface area (Å²) in [5, 5.41) is 1.98. The summed E-state index contributed by atoms with van der Waals surface area (Å²) < 4.78 is 38.7. The van der Waals surface area contributed by atoms with Crippen LogP contribution in [0.1, 0.15) is 49.8 Å². The van der Waals surface area contributed by atoms with Gasteiger partial charge in [-0.05, 0) is 73.6 Å². The molecule has 1 aliphatic rings. The number of benzene rings is 3. The topological polar surface area (TPSA) is 64.6 Å².